The first-order chi connectivity index (χ1) is 13.9. The molecular weight excluding hydrogens is 364 g/mol. The highest BCUT2D eigenvalue weighted by atomic mass is 16.1. The van der Waals surface area contributed by atoms with Gasteiger partial charge in [-0.2, -0.15) is 5.10 Å². The zero-order chi connectivity index (χ0) is 20.7. The summed E-state index contributed by atoms with van der Waals surface area (Å²) in [6, 6.07) is 11.4. The van der Waals surface area contributed by atoms with Crippen molar-refractivity contribution in [2.75, 3.05) is 0 Å². The smallest absolute Gasteiger partial charge is 0.264 e. The molecule has 29 heavy (non-hydrogen) atoms. The molecule has 0 amide bonds. The average molecular weight is 386 g/mol. The zero-order valence-electron chi connectivity index (χ0n) is 16.9. The third-order valence-corrected chi connectivity index (χ3v) is 5.65. The lowest BCUT2D eigenvalue weighted by Crippen LogP contribution is -2.25. The van der Waals surface area contributed by atoms with Crippen LogP contribution < -0.4 is 5.56 Å². The number of aryl methyl sites for hydroxylation is 1. The van der Waals surface area contributed by atoms with E-state index >= 15 is 0 Å². The number of ketones is 1. The molecule has 0 fully saturated rings. The van der Waals surface area contributed by atoms with E-state index in [4.69, 9.17) is 0 Å². The highest BCUT2D eigenvalue weighted by Crippen LogP contribution is 2.22. The van der Waals surface area contributed by atoms with E-state index in [2.05, 4.69) is 17.0 Å². The molecule has 6 heteroatoms. The molecule has 0 spiro atoms. The Balaban J connectivity index is 1.72. The predicted molar refractivity (Wildman–Crippen MR) is 113 cm³/mol. The Bertz CT molecular complexity index is 1300. The van der Waals surface area contributed by atoms with Crippen molar-refractivity contribution in [3.05, 3.63) is 87.1 Å². The molecule has 0 aliphatic heterocycles. The molecule has 2 aromatic heterocycles. The summed E-state index contributed by atoms with van der Waals surface area (Å²) in [6.45, 7) is 7.96. The highest BCUT2D eigenvalue weighted by molar-refractivity contribution is 5.98. The highest BCUT2D eigenvalue weighted by Gasteiger charge is 2.17. The first-order valence-corrected chi connectivity index (χ1v) is 9.47. The maximum Gasteiger partial charge on any atom is 0.264 e. The zero-order valence-corrected chi connectivity index (χ0v) is 16.9. The van der Waals surface area contributed by atoms with Crippen LogP contribution in [0.15, 0.2) is 53.7 Å². The van der Waals surface area contributed by atoms with E-state index in [0.717, 1.165) is 22.4 Å². The second kappa shape index (κ2) is 7.13. The Morgan fingerprint density at radius 3 is 2.45 bits per heavy atom. The fraction of sp³-hybridized carbons (Fsp3) is 0.217. The first kappa shape index (κ1) is 18.8. The van der Waals surface area contributed by atoms with Gasteiger partial charge in [-0.25, -0.2) is 9.67 Å². The van der Waals surface area contributed by atoms with Crippen LogP contribution >= 0.6 is 0 Å². The number of benzene rings is 2. The molecule has 2 aromatic carbocycles. The second-order valence-corrected chi connectivity index (χ2v) is 7.35. The Morgan fingerprint density at radius 1 is 1.00 bits per heavy atom. The van der Waals surface area contributed by atoms with E-state index in [1.807, 2.05) is 57.2 Å². The van der Waals surface area contributed by atoms with Gasteiger partial charge in [0.05, 0.1) is 18.4 Å². The molecule has 4 rings (SSSR count). The van der Waals surface area contributed by atoms with Gasteiger partial charge in [-0.3, -0.25) is 14.2 Å². The number of rotatable bonds is 4. The molecule has 0 unspecified atom stereocenters. The maximum absolute atomic E-state index is 13.0. The van der Waals surface area contributed by atoms with Gasteiger partial charge in [0.1, 0.15) is 11.7 Å². The van der Waals surface area contributed by atoms with Crippen molar-refractivity contribution >= 4 is 16.8 Å². The quantitative estimate of drug-likeness (QED) is 0.502. The van der Waals surface area contributed by atoms with Gasteiger partial charge in [0, 0.05) is 5.56 Å². The van der Waals surface area contributed by atoms with Crippen LogP contribution in [0.2, 0.25) is 0 Å². The van der Waals surface area contributed by atoms with Crippen molar-refractivity contribution in [2.24, 2.45) is 0 Å². The van der Waals surface area contributed by atoms with Crippen molar-refractivity contribution < 1.29 is 4.79 Å². The Labute approximate surface area is 168 Å². The lowest BCUT2D eigenvalue weighted by molar-refractivity contribution is 0.0970. The third-order valence-electron chi connectivity index (χ3n) is 5.65. The number of Topliss-reactive ketones (excluding diaryl/α,β-unsaturated/α-hetero) is 1. The van der Waals surface area contributed by atoms with E-state index < -0.39 is 0 Å². The molecule has 0 saturated heterocycles. The van der Waals surface area contributed by atoms with Gasteiger partial charge >= 0.3 is 0 Å². The Kier molecular flexibility index (Phi) is 4.62. The van der Waals surface area contributed by atoms with E-state index in [1.54, 1.807) is 4.68 Å². The minimum absolute atomic E-state index is 0.0545. The summed E-state index contributed by atoms with van der Waals surface area (Å²) in [5.41, 5.74) is 6.00. The van der Waals surface area contributed by atoms with Gasteiger partial charge < -0.3 is 0 Å². The molecule has 0 saturated carbocycles. The van der Waals surface area contributed by atoms with Gasteiger partial charge in [-0.15, -0.1) is 0 Å². The maximum atomic E-state index is 13.0. The fourth-order valence-corrected chi connectivity index (χ4v) is 3.56. The van der Waals surface area contributed by atoms with Crippen molar-refractivity contribution in [3.63, 3.8) is 0 Å². The van der Waals surface area contributed by atoms with Crippen molar-refractivity contribution in [1.29, 1.82) is 0 Å². The summed E-state index contributed by atoms with van der Waals surface area (Å²) in [5, 5.41) is 4.69. The summed E-state index contributed by atoms with van der Waals surface area (Å²) >= 11 is 0. The number of carbonyl (C=O) groups excluding carboxylic acids is 1. The molecule has 2 heterocycles. The van der Waals surface area contributed by atoms with Crippen LogP contribution in [-0.4, -0.2) is 25.1 Å². The van der Waals surface area contributed by atoms with Crippen LogP contribution in [0.25, 0.3) is 16.7 Å². The van der Waals surface area contributed by atoms with Crippen molar-refractivity contribution in [1.82, 2.24) is 19.3 Å². The number of hydrogen-bond donors (Lipinski definition) is 0. The van der Waals surface area contributed by atoms with Crippen molar-refractivity contribution in [3.8, 4) is 5.69 Å². The minimum Gasteiger partial charge on any atom is -0.292 e. The number of carbonyl (C=O) groups is 1. The lowest BCUT2D eigenvalue weighted by Gasteiger charge is -2.14. The van der Waals surface area contributed by atoms with E-state index in [0.29, 0.717) is 16.6 Å². The minimum atomic E-state index is -0.274. The summed E-state index contributed by atoms with van der Waals surface area (Å²) in [6.07, 6.45) is 2.93. The molecule has 0 bridgehead atoms. The molecular formula is C23H22N4O2. The standard InChI is InChI=1S/C23H22N4O2/c1-14-10-19(17(4)16(3)15(14)2)21(28)12-26-13-24-22-20(23(26)29)11-25-27(22)18-8-6-5-7-9-18/h5-11,13H,12H2,1-4H3. The largest absolute Gasteiger partial charge is 0.292 e. The van der Waals surface area contributed by atoms with Gasteiger partial charge in [-0.1, -0.05) is 18.2 Å². The number of fused-ring (bicyclic) bond motifs is 1. The normalized spacial score (nSPS) is 11.2. The lowest BCUT2D eigenvalue weighted by atomic mass is 9.92. The summed E-state index contributed by atoms with van der Waals surface area (Å²) in [7, 11) is 0. The number of aromatic nitrogens is 4. The molecule has 0 radical (unpaired) electrons. The number of nitrogens with zero attached hydrogens (tertiary/aromatic N) is 4. The molecule has 0 aliphatic rings. The van der Waals surface area contributed by atoms with Gasteiger partial charge in [0.2, 0.25) is 0 Å². The monoisotopic (exact) mass is 386 g/mol. The average Bonchev–Trinajstić information content (AvgIpc) is 3.16. The second-order valence-electron chi connectivity index (χ2n) is 7.35. The number of hydrogen-bond acceptors (Lipinski definition) is 4. The van der Waals surface area contributed by atoms with E-state index in [1.165, 1.54) is 22.7 Å². The Hall–Kier alpha value is -3.54. The number of para-hydroxylation sites is 1. The molecule has 4 aromatic rings. The van der Waals surface area contributed by atoms with Gasteiger partial charge in [-0.05, 0) is 68.1 Å². The molecule has 6 nitrogen and oxygen atoms in total. The van der Waals surface area contributed by atoms with Crippen LogP contribution in [-0.2, 0) is 6.54 Å². The predicted octanol–water partition coefficient (Wildman–Crippen LogP) is 3.70. The van der Waals surface area contributed by atoms with Crippen LogP contribution in [0, 0.1) is 27.7 Å². The van der Waals surface area contributed by atoms with Crippen LogP contribution in [0.4, 0.5) is 0 Å². The van der Waals surface area contributed by atoms with Crippen LogP contribution in [0.1, 0.15) is 32.6 Å². The topological polar surface area (TPSA) is 69.8 Å². The fourth-order valence-electron chi connectivity index (χ4n) is 3.56. The first-order valence-electron chi connectivity index (χ1n) is 9.47. The van der Waals surface area contributed by atoms with Gasteiger partial charge in [0.25, 0.3) is 5.56 Å². The summed E-state index contributed by atoms with van der Waals surface area (Å²) in [5.74, 6) is -0.104. The van der Waals surface area contributed by atoms with Crippen LogP contribution in [0.3, 0.4) is 0 Å². The molecule has 0 N–H and O–H groups in total. The molecule has 0 atom stereocenters. The third kappa shape index (κ3) is 3.16. The van der Waals surface area contributed by atoms with Crippen LogP contribution in [0.5, 0.6) is 0 Å². The molecule has 0 aliphatic carbocycles. The van der Waals surface area contributed by atoms with E-state index in [9.17, 15) is 9.59 Å². The van der Waals surface area contributed by atoms with Crippen molar-refractivity contribution in [2.45, 2.75) is 34.2 Å². The Morgan fingerprint density at radius 2 is 1.72 bits per heavy atom. The summed E-state index contributed by atoms with van der Waals surface area (Å²) in [4.78, 5) is 30.3. The van der Waals surface area contributed by atoms with Gasteiger partial charge in [0.15, 0.2) is 11.4 Å². The summed E-state index contributed by atoms with van der Waals surface area (Å²) < 4.78 is 2.98. The van der Waals surface area contributed by atoms with E-state index in [-0.39, 0.29) is 17.9 Å². The molecule has 146 valence electrons. The SMILES string of the molecule is Cc1cc(C(=O)Cn2cnc3c(cnn3-c3ccccc3)c2=O)c(C)c(C)c1C.